The Balaban J connectivity index is 1.97. The average molecular weight is 234 g/mol. The summed E-state index contributed by atoms with van der Waals surface area (Å²) in [6, 6.07) is 3.99. The number of hydrogen-bond donors (Lipinski definition) is 0. The summed E-state index contributed by atoms with van der Waals surface area (Å²) in [6.07, 6.45) is 3.58. The lowest BCUT2D eigenvalue weighted by molar-refractivity contribution is 0.104. The largest absolute Gasteiger partial charge is 0.288 e. The standard InChI is InChI=1S/C12H10OS2/c13-12(9-4-5-14-7-9)11-6-8-2-1-3-10(8)15-11/h4-7H,1-3H2. The van der Waals surface area contributed by atoms with Gasteiger partial charge in [-0.05, 0) is 42.3 Å². The number of hydrogen-bond acceptors (Lipinski definition) is 3. The van der Waals surface area contributed by atoms with Gasteiger partial charge in [0.15, 0.2) is 0 Å². The van der Waals surface area contributed by atoms with Crippen LogP contribution in [-0.4, -0.2) is 5.78 Å². The quantitative estimate of drug-likeness (QED) is 0.726. The molecule has 2 aromatic heterocycles. The van der Waals surface area contributed by atoms with Gasteiger partial charge in [-0.3, -0.25) is 4.79 Å². The molecule has 0 atom stereocenters. The maximum atomic E-state index is 12.0. The second-order valence-corrected chi connectivity index (χ2v) is 5.67. The van der Waals surface area contributed by atoms with Gasteiger partial charge >= 0.3 is 0 Å². The van der Waals surface area contributed by atoms with E-state index in [1.807, 2.05) is 16.8 Å². The Hall–Kier alpha value is -0.930. The number of carbonyl (C=O) groups is 1. The fourth-order valence-corrected chi connectivity index (χ4v) is 3.83. The Bertz CT molecular complexity index is 472. The maximum absolute atomic E-state index is 12.0. The Morgan fingerprint density at radius 3 is 3.00 bits per heavy atom. The first kappa shape index (κ1) is 9.31. The van der Waals surface area contributed by atoms with E-state index in [4.69, 9.17) is 0 Å². The third kappa shape index (κ3) is 1.56. The molecule has 0 fully saturated rings. The van der Waals surface area contributed by atoms with E-state index < -0.39 is 0 Å². The van der Waals surface area contributed by atoms with E-state index in [1.165, 1.54) is 16.9 Å². The van der Waals surface area contributed by atoms with Gasteiger partial charge in [0.05, 0.1) is 4.88 Å². The van der Waals surface area contributed by atoms with Crippen LogP contribution in [0.5, 0.6) is 0 Å². The molecule has 15 heavy (non-hydrogen) atoms. The highest BCUT2D eigenvalue weighted by molar-refractivity contribution is 7.14. The lowest BCUT2D eigenvalue weighted by atomic mass is 10.1. The zero-order valence-electron chi connectivity index (χ0n) is 8.16. The number of fused-ring (bicyclic) bond motifs is 1. The van der Waals surface area contributed by atoms with Crippen LogP contribution in [-0.2, 0) is 12.8 Å². The zero-order chi connectivity index (χ0) is 10.3. The lowest BCUT2D eigenvalue weighted by Gasteiger charge is -1.92. The molecule has 0 saturated carbocycles. The highest BCUT2D eigenvalue weighted by Crippen LogP contribution is 2.31. The monoisotopic (exact) mass is 234 g/mol. The molecule has 0 amide bonds. The Kier molecular flexibility index (Phi) is 2.22. The van der Waals surface area contributed by atoms with Crippen LogP contribution in [0.3, 0.4) is 0 Å². The average Bonchev–Trinajstić information content (AvgIpc) is 2.92. The van der Waals surface area contributed by atoms with Crippen LogP contribution in [0.4, 0.5) is 0 Å². The predicted octanol–water partition coefficient (Wildman–Crippen LogP) is 3.53. The number of rotatable bonds is 2. The topological polar surface area (TPSA) is 17.1 Å². The van der Waals surface area contributed by atoms with E-state index in [0.717, 1.165) is 23.3 Å². The normalized spacial score (nSPS) is 14.1. The van der Waals surface area contributed by atoms with Gasteiger partial charge in [0.2, 0.25) is 5.78 Å². The van der Waals surface area contributed by atoms with E-state index in [1.54, 1.807) is 22.7 Å². The van der Waals surface area contributed by atoms with Crippen LogP contribution >= 0.6 is 22.7 Å². The van der Waals surface area contributed by atoms with Gasteiger partial charge in [0.1, 0.15) is 0 Å². The summed E-state index contributed by atoms with van der Waals surface area (Å²) >= 11 is 3.26. The number of carbonyl (C=O) groups excluding carboxylic acids is 1. The molecule has 0 bridgehead atoms. The van der Waals surface area contributed by atoms with E-state index in [-0.39, 0.29) is 5.78 Å². The summed E-state index contributed by atoms with van der Waals surface area (Å²) in [7, 11) is 0. The van der Waals surface area contributed by atoms with Crippen LogP contribution in [0.2, 0.25) is 0 Å². The second-order valence-electron chi connectivity index (χ2n) is 3.75. The highest BCUT2D eigenvalue weighted by atomic mass is 32.1. The summed E-state index contributed by atoms with van der Waals surface area (Å²) in [6.45, 7) is 0. The van der Waals surface area contributed by atoms with E-state index in [9.17, 15) is 4.79 Å². The molecule has 2 aromatic rings. The SMILES string of the molecule is O=C(c1ccsc1)c1cc2c(s1)CCC2. The van der Waals surface area contributed by atoms with Crippen LogP contribution in [0, 0.1) is 0 Å². The summed E-state index contributed by atoms with van der Waals surface area (Å²) < 4.78 is 0. The molecule has 1 aliphatic carbocycles. The molecule has 76 valence electrons. The second kappa shape index (κ2) is 3.58. The molecular formula is C12H10OS2. The fourth-order valence-electron chi connectivity index (χ4n) is 1.98. The molecule has 0 radical (unpaired) electrons. The Labute approximate surface area is 96.4 Å². The van der Waals surface area contributed by atoms with Crippen molar-refractivity contribution in [3.05, 3.63) is 43.8 Å². The Morgan fingerprint density at radius 2 is 2.27 bits per heavy atom. The summed E-state index contributed by atoms with van der Waals surface area (Å²) in [5, 5.41) is 3.88. The van der Waals surface area contributed by atoms with Crippen molar-refractivity contribution in [3.8, 4) is 0 Å². The van der Waals surface area contributed by atoms with Crippen LogP contribution in [0.15, 0.2) is 22.9 Å². The minimum atomic E-state index is 0.190. The van der Waals surface area contributed by atoms with Crippen LogP contribution < -0.4 is 0 Å². The molecule has 0 spiro atoms. The molecule has 1 aliphatic rings. The summed E-state index contributed by atoms with van der Waals surface area (Å²) in [5.41, 5.74) is 2.23. The van der Waals surface area contributed by atoms with E-state index >= 15 is 0 Å². The highest BCUT2D eigenvalue weighted by Gasteiger charge is 2.19. The minimum absolute atomic E-state index is 0.190. The zero-order valence-corrected chi connectivity index (χ0v) is 9.79. The smallest absolute Gasteiger partial charge is 0.203 e. The molecule has 0 saturated heterocycles. The van der Waals surface area contributed by atoms with Crippen molar-refractivity contribution in [1.82, 2.24) is 0 Å². The van der Waals surface area contributed by atoms with Crippen LogP contribution in [0.1, 0.15) is 32.1 Å². The van der Waals surface area contributed by atoms with Gasteiger partial charge in [0.25, 0.3) is 0 Å². The Morgan fingerprint density at radius 1 is 1.33 bits per heavy atom. The third-order valence-corrected chi connectivity index (χ3v) is 4.67. The van der Waals surface area contributed by atoms with Crippen molar-refractivity contribution in [2.45, 2.75) is 19.3 Å². The molecule has 0 aromatic carbocycles. The van der Waals surface area contributed by atoms with Gasteiger partial charge in [0, 0.05) is 15.8 Å². The molecule has 0 aliphatic heterocycles. The predicted molar refractivity (Wildman–Crippen MR) is 64.1 cm³/mol. The van der Waals surface area contributed by atoms with Gasteiger partial charge in [-0.25, -0.2) is 0 Å². The molecule has 1 nitrogen and oxygen atoms in total. The first-order valence-electron chi connectivity index (χ1n) is 5.03. The molecular weight excluding hydrogens is 224 g/mol. The number of thiophene rings is 2. The van der Waals surface area contributed by atoms with Crippen molar-refractivity contribution >= 4 is 28.5 Å². The summed E-state index contributed by atoms with van der Waals surface area (Å²) in [4.78, 5) is 14.4. The molecule has 0 N–H and O–H groups in total. The third-order valence-electron chi connectivity index (χ3n) is 2.75. The van der Waals surface area contributed by atoms with E-state index in [2.05, 4.69) is 6.07 Å². The number of aryl methyl sites for hydroxylation is 2. The van der Waals surface area contributed by atoms with E-state index in [0.29, 0.717) is 0 Å². The molecule has 0 unspecified atom stereocenters. The van der Waals surface area contributed by atoms with Crippen molar-refractivity contribution in [2.75, 3.05) is 0 Å². The molecule has 3 rings (SSSR count). The molecule has 2 heterocycles. The van der Waals surface area contributed by atoms with Gasteiger partial charge in [-0.2, -0.15) is 11.3 Å². The van der Waals surface area contributed by atoms with Crippen LogP contribution in [0.25, 0.3) is 0 Å². The minimum Gasteiger partial charge on any atom is -0.288 e. The van der Waals surface area contributed by atoms with Crippen molar-refractivity contribution in [3.63, 3.8) is 0 Å². The lowest BCUT2D eigenvalue weighted by Crippen LogP contribution is -1.95. The summed E-state index contributed by atoms with van der Waals surface area (Å²) in [5.74, 6) is 0.190. The maximum Gasteiger partial charge on any atom is 0.203 e. The fraction of sp³-hybridized carbons (Fsp3) is 0.250. The van der Waals surface area contributed by atoms with Crippen molar-refractivity contribution < 1.29 is 4.79 Å². The van der Waals surface area contributed by atoms with Crippen molar-refractivity contribution in [2.24, 2.45) is 0 Å². The first-order chi connectivity index (χ1) is 7.34. The number of ketones is 1. The van der Waals surface area contributed by atoms with Gasteiger partial charge in [-0.1, -0.05) is 0 Å². The van der Waals surface area contributed by atoms with Crippen molar-refractivity contribution in [1.29, 1.82) is 0 Å². The first-order valence-corrected chi connectivity index (χ1v) is 6.79. The molecule has 3 heteroatoms. The van der Waals surface area contributed by atoms with Gasteiger partial charge in [-0.15, -0.1) is 11.3 Å². The van der Waals surface area contributed by atoms with Gasteiger partial charge < -0.3 is 0 Å².